The zero-order chi connectivity index (χ0) is 19.2. The molecule has 7 nitrogen and oxygen atoms in total. The van der Waals surface area contributed by atoms with E-state index in [9.17, 15) is 14.4 Å². The van der Waals surface area contributed by atoms with E-state index in [0.29, 0.717) is 13.0 Å². The van der Waals surface area contributed by atoms with Crippen molar-refractivity contribution < 1.29 is 23.9 Å². The molecule has 2 rings (SSSR count). The number of esters is 1. The van der Waals surface area contributed by atoms with Crippen molar-refractivity contribution in [1.29, 1.82) is 0 Å². The highest BCUT2D eigenvalue weighted by atomic mass is 16.6. The molecule has 1 saturated heterocycles. The van der Waals surface area contributed by atoms with Gasteiger partial charge >= 0.3 is 12.1 Å². The van der Waals surface area contributed by atoms with Gasteiger partial charge in [0.25, 0.3) is 0 Å². The van der Waals surface area contributed by atoms with Crippen LogP contribution in [-0.4, -0.2) is 47.6 Å². The van der Waals surface area contributed by atoms with Gasteiger partial charge in [-0.25, -0.2) is 9.59 Å². The molecule has 1 heterocycles. The molecule has 1 unspecified atom stereocenters. The lowest BCUT2D eigenvalue weighted by Gasteiger charge is -2.27. The van der Waals surface area contributed by atoms with Crippen molar-refractivity contribution >= 4 is 18.0 Å². The molecular formula is C19H26N2O5. The fraction of sp³-hybridized carbons (Fsp3) is 0.526. The number of benzene rings is 1. The highest BCUT2D eigenvalue weighted by molar-refractivity contribution is 5.88. The smallest absolute Gasteiger partial charge is 0.407 e. The predicted octanol–water partition coefficient (Wildman–Crippen LogP) is 2.25. The van der Waals surface area contributed by atoms with E-state index in [2.05, 4.69) is 5.32 Å². The van der Waals surface area contributed by atoms with E-state index >= 15 is 0 Å². The van der Waals surface area contributed by atoms with E-state index in [1.54, 1.807) is 20.8 Å². The molecule has 1 aliphatic rings. The fourth-order valence-electron chi connectivity index (χ4n) is 2.70. The topological polar surface area (TPSA) is 84.9 Å². The van der Waals surface area contributed by atoms with Crippen LogP contribution in [0.5, 0.6) is 0 Å². The Balaban J connectivity index is 1.79. The van der Waals surface area contributed by atoms with E-state index < -0.39 is 23.7 Å². The van der Waals surface area contributed by atoms with Crippen molar-refractivity contribution in [3.63, 3.8) is 0 Å². The summed E-state index contributed by atoms with van der Waals surface area (Å²) in [4.78, 5) is 37.8. The lowest BCUT2D eigenvalue weighted by atomic mass is 10.1. The summed E-state index contributed by atoms with van der Waals surface area (Å²) in [5.41, 5.74) is 0.256. The lowest BCUT2D eigenvalue weighted by molar-refractivity contribution is -0.163. The first kappa shape index (κ1) is 19.8. The van der Waals surface area contributed by atoms with Crippen LogP contribution >= 0.6 is 0 Å². The van der Waals surface area contributed by atoms with Crippen LogP contribution in [0.4, 0.5) is 4.79 Å². The Morgan fingerprint density at radius 1 is 1.19 bits per heavy atom. The molecule has 7 heteroatoms. The highest BCUT2D eigenvalue weighted by Gasteiger charge is 2.36. The van der Waals surface area contributed by atoms with Crippen molar-refractivity contribution in [3.05, 3.63) is 35.9 Å². The third kappa shape index (κ3) is 6.06. The molecule has 1 atom stereocenters. The van der Waals surface area contributed by atoms with Crippen LogP contribution in [0.15, 0.2) is 30.3 Å². The molecule has 1 N–H and O–H groups in total. The number of likely N-dealkylation sites (tertiary alicyclic amines) is 1. The summed E-state index contributed by atoms with van der Waals surface area (Å²) < 4.78 is 10.4. The van der Waals surface area contributed by atoms with Gasteiger partial charge in [-0.1, -0.05) is 30.3 Å². The summed E-state index contributed by atoms with van der Waals surface area (Å²) in [5.74, 6) is -0.731. The second-order valence-corrected chi connectivity index (χ2v) is 7.19. The molecule has 2 amide bonds. The molecule has 142 valence electrons. The number of ether oxygens (including phenoxy) is 2. The first-order valence-electron chi connectivity index (χ1n) is 8.73. The van der Waals surface area contributed by atoms with Gasteiger partial charge in [0.15, 0.2) is 0 Å². The molecule has 0 radical (unpaired) electrons. The Morgan fingerprint density at radius 2 is 1.88 bits per heavy atom. The Kier molecular flexibility index (Phi) is 6.60. The van der Waals surface area contributed by atoms with E-state index in [1.807, 2.05) is 30.3 Å². The second-order valence-electron chi connectivity index (χ2n) is 7.19. The summed E-state index contributed by atoms with van der Waals surface area (Å²) in [6.45, 7) is 5.75. The number of hydrogen-bond acceptors (Lipinski definition) is 5. The van der Waals surface area contributed by atoms with Crippen molar-refractivity contribution in [2.75, 3.05) is 13.1 Å². The predicted molar refractivity (Wildman–Crippen MR) is 95.2 cm³/mol. The third-order valence-electron chi connectivity index (χ3n) is 3.85. The number of carbonyl (C=O) groups is 3. The van der Waals surface area contributed by atoms with Crippen LogP contribution in [0.2, 0.25) is 0 Å². The zero-order valence-corrected chi connectivity index (χ0v) is 15.5. The van der Waals surface area contributed by atoms with Gasteiger partial charge in [-0.05, 0) is 39.2 Å². The SMILES string of the molecule is CC(C)(C)OC(=O)C1CCCN1C(=O)CNC(=O)OCc1ccccc1. The van der Waals surface area contributed by atoms with Gasteiger partial charge in [0, 0.05) is 6.54 Å². The van der Waals surface area contributed by atoms with Crippen molar-refractivity contribution in [2.24, 2.45) is 0 Å². The van der Waals surface area contributed by atoms with Gasteiger partial charge < -0.3 is 19.7 Å². The summed E-state index contributed by atoms with van der Waals surface area (Å²) >= 11 is 0. The first-order chi connectivity index (χ1) is 12.3. The number of carbonyl (C=O) groups excluding carboxylic acids is 3. The number of rotatable bonds is 5. The Morgan fingerprint density at radius 3 is 2.54 bits per heavy atom. The Labute approximate surface area is 153 Å². The lowest BCUT2D eigenvalue weighted by Crippen LogP contribution is -2.47. The summed E-state index contributed by atoms with van der Waals surface area (Å²) in [7, 11) is 0. The maximum atomic E-state index is 12.4. The molecule has 1 aromatic rings. The van der Waals surface area contributed by atoms with Crippen molar-refractivity contribution in [2.45, 2.75) is 51.9 Å². The zero-order valence-electron chi connectivity index (χ0n) is 15.5. The standard InChI is InChI=1S/C19H26N2O5/c1-19(2,3)26-17(23)15-10-7-11-21(15)16(22)12-20-18(24)25-13-14-8-5-4-6-9-14/h4-6,8-9,15H,7,10-13H2,1-3H3,(H,20,24). The van der Waals surface area contributed by atoms with Crippen LogP contribution in [0.25, 0.3) is 0 Å². The highest BCUT2D eigenvalue weighted by Crippen LogP contribution is 2.21. The van der Waals surface area contributed by atoms with Gasteiger partial charge in [0.2, 0.25) is 5.91 Å². The van der Waals surface area contributed by atoms with E-state index in [-0.39, 0.29) is 19.1 Å². The maximum absolute atomic E-state index is 12.4. The normalized spacial score (nSPS) is 16.9. The third-order valence-corrected chi connectivity index (χ3v) is 3.85. The van der Waals surface area contributed by atoms with Crippen molar-refractivity contribution in [1.82, 2.24) is 10.2 Å². The maximum Gasteiger partial charge on any atom is 0.407 e. The van der Waals surface area contributed by atoms with Gasteiger partial charge in [0.1, 0.15) is 24.8 Å². The molecule has 1 aliphatic heterocycles. The number of hydrogen-bond donors (Lipinski definition) is 1. The molecule has 0 aliphatic carbocycles. The first-order valence-corrected chi connectivity index (χ1v) is 8.73. The minimum Gasteiger partial charge on any atom is -0.458 e. The average molecular weight is 362 g/mol. The minimum atomic E-state index is -0.671. The fourth-order valence-corrected chi connectivity index (χ4v) is 2.70. The van der Waals surface area contributed by atoms with Crippen LogP contribution < -0.4 is 5.32 Å². The number of nitrogens with zero attached hydrogens (tertiary/aromatic N) is 1. The average Bonchev–Trinajstić information content (AvgIpc) is 3.07. The number of amides is 2. The molecule has 1 aromatic carbocycles. The van der Waals surface area contributed by atoms with Gasteiger partial charge in [-0.3, -0.25) is 4.79 Å². The van der Waals surface area contributed by atoms with Crippen LogP contribution in [0.3, 0.4) is 0 Å². The molecule has 0 spiro atoms. The van der Waals surface area contributed by atoms with Crippen LogP contribution in [-0.2, 0) is 25.7 Å². The van der Waals surface area contributed by atoms with Crippen LogP contribution in [0.1, 0.15) is 39.2 Å². The molecule has 0 aromatic heterocycles. The Bertz CT molecular complexity index is 639. The summed E-state index contributed by atoms with van der Waals surface area (Å²) in [6, 6.07) is 8.67. The molecule has 0 bridgehead atoms. The largest absolute Gasteiger partial charge is 0.458 e. The Hall–Kier alpha value is -2.57. The minimum absolute atomic E-state index is 0.130. The quantitative estimate of drug-likeness (QED) is 0.812. The molecular weight excluding hydrogens is 336 g/mol. The van der Waals surface area contributed by atoms with Crippen LogP contribution in [0, 0.1) is 0 Å². The number of nitrogens with one attached hydrogen (secondary N) is 1. The summed E-state index contributed by atoms with van der Waals surface area (Å²) in [6.07, 6.45) is 0.628. The number of alkyl carbamates (subject to hydrolysis) is 1. The molecule has 0 saturated carbocycles. The summed E-state index contributed by atoms with van der Waals surface area (Å²) in [5, 5.41) is 2.43. The van der Waals surface area contributed by atoms with Gasteiger partial charge in [-0.2, -0.15) is 0 Å². The van der Waals surface area contributed by atoms with Gasteiger partial charge in [0.05, 0.1) is 0 Å². The second kappa shape index (κ2) is 8.69. The molecule has 1 fully saturated rings. The van der Waals surface area contributed by atoms with Crippen molar-refractivity contribution in [3.8, 4) is 0 Å². The van der Waals surface area contributed by atoms with E-state index in [1.165, 1.54) is 4.90 Å². The van der Waals surface area contributed by atoms with E-state index in [0.717, 1.165) is 12.0 Å². The van der Waals surface area contributed by atoms with E-state index in [4.69, 9.17) is 9.47 Å². The molecule has 26 heavy (non-hydrogen) atoms. The monoisotopic (exact) mass is 362 g/mol. The van der Waals surface area contributed by atoms with Gasteiger partial charge in [-0.15, -0.1) is 0 Å².